The van der Waals surface area contributed by atoms with Crippen LogP contribution in [0.1, 0.15) is 0 Å². The summed E-state index contributed by atoms with van der Waals surface area (Å²) in [5.74, 6) is 0. The Morgan fingerprint density at radius 2 is 1.38 bits per heavy atom. The van der Waals surface area contributed by atoms with Crippen LogP contribution in [0.25, 0.3) is 0 Å². The topological polar surface area (TPSA) is 171 Å². The van der Waals surface area contributed by atoms with Crippen molar-refractivity contribution < 1.29 is 37.6 Å². The first kappa shape index (κ1) is 21.4. The molecule has 0 aromatic heterocycles. The highest BCUT2D eigenvalue weighted by Gasteiger charge is 2.20. The van der Waals surface area contributed by atoms with Crippen LogP contribution in [0.15, 0.2) is 0 Å². The third-order valence-corrected chi connectivity index (χ3v) is 1.55. The van der Waals surface area contributed by atoms with Gasteiger partial charge in [0.25, 0.3) is 0 Å². The number of aliphatic hydroxyl groups excluding tert-OH is 4. The van der Waals surface area contributed by atoms with E-state index in [0.717, 1.165) is 0 Å². The molecule has 0 heterocycles. The lowest BCUT2D eigenvalue weighted by Gasteiger charge is -2.20. The molecule has 0 rings (SSSR count). The largest absolute Gasteiger partial charge is 0.399 e. The molecular formula is C5H18NO8PS. The molecule has 16 heavy (non-hydrogen) atoms. The second-order valence-electron chi connectivity index (χ2n) is 2.51. The van der Waals surface area contributed by atoms with E-state index in [1.54, 1.807) is 0 Å². The summed E-state index contributed by atoms with van der Waals surface area (Å²) in [6.07, 6.45) is 0. The molecule has 0 aliphatic carbocycles. The molecule has 102 valence electrons. The molecule has 0 aromatic carbocycles. The van der Waals surface area contributed by atoms with Crippen molar-refractivity contribution in [3.63, 3.8) is 0 Å². The van der Waals surface area contributed by atoms with Crippen LogP contribution < -0.4 is 5.73 Å². The lowest BCUT2D eigenvalue weighted by Crippen LogP contribution is -2.50. The standard InChI is InChI=1S/C4H11NO3.CH4O5S.H3P/c5-4(1-6,2-7)3-8;2-1-6-7(3,4)5;/h6-8H,1-3,5H2;2H,1H2,(H,3,4,5);1H3. The van der Waals surface area contributed by atoms with Crippen LogP contribution in [0.3, 0.4) is 0 Å². The van der Waals surface area contributed by atoms with Crippen LogP contribution in [-0.2, 0) is 14.6 Å². The van der Waals surface area contributed by atoms with Gasteiger partial charge in [-0.1, -0.05) is 0 Å². The van der Waals surface area contributed by atoms with Gasteiger partial charge in [-0.25, -0.2) is 4.18 Å². The highest BCUT2D eigenvalue weighted by molar-refractivity contribution is 7.80. The Labute approximate surface area is 96.4 Å². The number of aliphatic hydroxyl groups is 4. The highest BCUT2D eigenvalue weighted by Crippen LogP contribution is 1.93. The molecule has 0 saturated heterocycles. The molecule has 0 aromatic rings. The summed E-state index contributed by atoms with van der Waals surface area (Å²) in [5.41, 5.74) is 3.94. The summed E-state index contributed by atoms with van der Waals surface area (Å²) in [7, 11) is -4.42. The maximum Gasteiger partial charge on any atom is 0.399 e. The molecule has 0 spiro atoms. The van der Waals surface area contributed by atoms with E-state index in [0.29, 0.717) is 0 Å². The van der Waals surface area contributed by atoms with Gasteiger partial charge in [-0.15, -0.1) is 0 Å². The average molecular weight is 283 g/mol. The number of hydrogen-bond acceptors (Lipinski definition) is 8. The van der Waals surface area contributed by atoms with Crippen LogP contribution in [0.2, 0.25) is 0 Å². The van der Waals surface area contributed by atoms with Crippen LogP contribution in [0, 0.1) is 0 Å². The van der Waals surface area contributed by atoms with E-state index in [-0.39, 0.29) is 9.90 Å². The van der Waals surface area contributed by atoms with E-state index in [1.807, 2.05) is 0 Å². The molecule has 0 bridgehead atoms. The molecule has 0 fully saturated rings. The molecule has 1 atom stereocenters. The highest BCUT2D eigenvalue weighted by atomic mass is 32.3. The second kappa shape index (κ2) is 10.3. The van der Waals surface area contributed by atoms with Crippen LogP contribution in [-0.4, -0.2) is 65.5 Å². The van der Waals surface area contributed by atoms with Crippen LogP contribution >= 0.6 is 9.90 Å². The lowest BCUT2D eigenvalue weighted by atomic mass is 10.1. The third-order valence-electron chi connectivity index (χ3n) is 1.15. The van der Waals surface area contributed by atoms with Gasteiger partial charge in [0, 0.05) is 0 Å². The van der Waals surface area contributed by atoms with Crippen molar-refractivity contribution in [1.29, 1.82) is 0 Å². The number of rotatable bonds is 5. The summed E-state index contributed by atoms with van der Waals surface area (Å²) in [6, 6.07) is 0. The van der Waals surface area contributed by atoms with Crippen LogP contribution in [0.5, 0.6) is 0 Å². The summed E-state index contributed by atoms with van der Waals surface area (Å²) in [5, 5.41) is 32.7. The zero-order chi connectivity index (χ0) is 12.5. The quantitative estimate of drug-likeness (QED) is 0.170. The van der Waals surface area contributed by atoms with Crippen molar-refractivity contribution in [2.24, 2.45) is 5.73 Å². The first-order valence-electron chi connectivity index (χ1n) is 3.59. The fraction of sp³-hybridized carbons (Fsp3) is 1.00. The molecule has 0 saturated carbocycles. The fourth-order valence-electron chi connectivity index (χ4n) is 0.217. The van der Waals surface area contributed by atoms with Gasteiger partial charge < -0.3 is 26.2 Å². The number of nitrogens with two attached hydrogens (primary N) is 1. The Bertz CT molecular complexity index is 233. The van der Waals surface area contributed by atoms with Gasteiger partial charge in [-0.2, -0.15) is 18.3 Å². The van der Waals surface area contributed by atoms with Gasteiger partial charge in [0.2, 0.25) is 0 Å². The minimum Gasteiger partial charge on any atom is -0.394 e. The van der Waals surface area contributed by atoms with E-state index in [9.17, 15) is 8.42 Å². The number of hydrogen-bond donors (Lipinski definition) is 6. The van der Waals surface area contributed by atoms with Gasteiger partial charge in [0.15, 0.2) is 6.79 Å². The normalized spacial score (nSPS) is 11.1. The molecule has 11 heteroatoms. The molecular weight excluding hydrogens is 265 g/mol. The fourth-order valence-corrected chi connectivity index (χ4v) is 0.350. The average Bonchev–Trinajstić information content (AvgIpc) is 2.16. The zero-order valence-electron chi connectivity index (χ0n) is 8.48. The van der Waals surface area contributed by atoms with Crippen molar-refractivity contribution in [1.82, 2.24) is 0 Å². The first-order valence-corrected chi connectivity index (χ1v) is 4.95. The Balaban J connectivity index is -0.000000200. The van der Waals surface area contributed by atoms with E-state index in [4.69, 9.17) is 30.7 Å². The predicted molar refractivity (Wildman–Crippen MR) is 59.0 cm³/mol. The molecule has 0 radical (unpaired) electrons. The second-order valence-corrected chi connectivity index (χ2v) is 3.60. The third kappa shape index (κ3) is 14.1. The Morgan fingerprint density at radius 3 is 1.38 bits per heavy atom. The van der Waals surface area contributed by atoms with E-state index in [1.165, 1.54) is 0 Å². The van der Waals surface area contributed by atoms with E-state index < -0.39 is 42.6 Å². The molecule has 9 nitrogen and oxygen atoms in total. The van der Waals surface area contributed by atoms with E-state index >= 15 is 0 Å². The summed E-state index contributed by atoms with van der Waals surface area (Å²) in [6.45, 7) is -2.24. The van der Waals surface area contributed by atoms with E-state index in [2.05, 4.69) is 4.18 Å². The smallest absolute Gasteiger partial charge is 0.394 e. The van der Waals surface area contributed by atoms with Crippen molar-refractivity contribution in [2.45, 2.75) is 5.54 Å². The SMILES string of the molecule is NC(CO)(CO)CO.O=S(=O)(O)OCO.P. The van der Waals surface area contributed by atoms with Gasteiger partial charge in [0.05, 0.1) is 25.4 Å². The maximum absolute atomic E-state index is 9.40. The Kier molecular flexibility index (Phi) is 13.7. The Hall–Kier alpha value is 0.100. The predicted octanol–water partition coefficient (Wildman–Crippen LogP) is -3.53. The summed E-state index contributed by atoms with van der Waals surface area (Å²) < 4.78 is 29.7. The van der Waals surface area contributed by atoms with Crippen molar-refractivity contribution in [3.8, 4) is 0 Å². The molecule has 1 unspecified atom stereocenters. The van der Waals surface area contributed by atoms with Gasteiger partial charge in [-0.3, -0.25) is 4.55 Å². The minimum atomic E-state index is -4.42. The molecule has 7 N–H and O–H groups in total. The first-order chi connectivity index (χ1) is 6.74. The molecule has 0 aliphatic heterocycles. The summed E-state index contributed by atoms with van der Waals surface area (Å²) >= 11 is 0. The monoisotopic (exact) mass is 283 g/mol. The zero-order valence-corrected chi connectivity index (χ0v) is 10.7. The van der Waals surface area contributed by atoms with Gasteiger partial charge >= 0.3 is 10.4 Å². The van der Waals surface area contributed by atoms with Crippen molar-refractivity contribution in [3.05, 3.63) is 0 Å². The van der Waals surface area contributed by atoms with Gasteiger partial charge in [0.1, 0.15) is 0 Å². The van der Waals surface area contributed by atoms with Crippen molar-refractivity contribution >= 4 is 20.3 Å². The lowest BCUT2D eigenvalue weighted by molar-refractivity contribution is 0.0697. The maximum atomic E-state index is 9.40. The molecule has 0 aliphatic rings. The van der Waals surface area contributed by atoms with Gasteiger partial charge in [-0.05, 0) is 0 Å². The molecule has 0 amide bonds. The summed E-state index contributed by atoms with van der Waals surface area (Å²) in [4.78, 5) is 0. The minimum absolute atomic E-state index is 0. The van der Waals surface area contributed by atoms with Crippen LogP contribution in [0.4, 0.5) is 0 Å². The Morgan fingerprint density at radius 1 is 1.06 bits per heavy atom. The van der Waals surface area contributed by atoms with Crippen molar-refractivity contribution in [2.75, 3.05) is 26.6 Å².